The molecule has 0 aliphatic carbocycles. The SMILES string of the molecule is CC(C)COC(=O)c1ccnc(Cl)c1. The number of esters is 1. The second-order valence-electron chi connectivity index (χ2n) is 3.36. The number of carbonyl (C=O) groups is 1. The molecule has 0 atom stereocenters. The van der Waals surface area contributed by atoms with Crippen molar-refractivity contribution < 1.29 is 9.53 Å². The van der Waals surface area contributed by atoms with Gasteiger partial charge in [0.05, 0.1) is 12.2 Å². The summed E-state index contributed by atoms with van der Waals surface area (Å²) >= 11 is 5.63. The average molecular weight is 214 g/mol. The van der Waals surface area contributed by atoms with Crippen LogP contribution >= 0.6 is 11.6 Å². The van der Waals surface area contributed by atoms with E-state index in [-0.39, 0.29) is 5.97 Å². The molecule has 0 aliphatic heterocycles. The molecule has 0 fully saturated rings. The van der Waals surface area contributed by atoms with E-state index in [1.165, 1.54) is 12.3 Å². The van der Waals surface area contributed by atoms with E-state index in [0.717, 1.165) is 0 Å². The standard InChI is InChI=1S/C10H12ClNO2/c1-7(2)6-14-10(13)8-3-4-12-9(11)5-8/h3-5,7H,6H2,1-2H3. The lowest BCUT2D eigenvalue weighted by atomic mass is 10.2. The quantitative estimate of drug-likeness (QED) is 0.572. The second kappa shape index (κ2) is 4.96. The van der Waals surface area contributed by atoms with Crippen LogP contribution < -0.4 is 0 Å². The number of hydrogen-bond acceptors (Lipinski definition) is 3. The highest BCUT2D eigenvalue weighted by atomic mass is 35.5. The second-order valence-corrected chi connectivity index (χ2v) is 3.75. The number of aromatic nitrogens is 1. The Morgan fingerprint density at radius 3 is 2.93 bits per heavy atom. The topological polar surface area (TPSA) is 39.2 Å². The molecule has 1 aromatic heterocycles. The summed E-state index contributed by atoms with van der Waals surface area (Å²) in [5, 5.41) is 0.295. The molecular formula is C10H12ClNO2. The summed E-state index contributed by atoms with van der Waals surface area (Å²) in [4.78, 5) is 15.2. The highest BCUT2D eigenvalue weighted by molar-refractivity contribution is 6.29. The third-order valence-electron chi connectivity index (χ3n) is 1.51. The van der Waals surface area contributed by atoms with Gasteiger partial charge in [0.1, 0.15) is 5.15 Å². The lowest BCUT2D eigenvalue weighted by Gasteiger charge is -2.06. The summed E-state index contributed by atoms with van der Waals surface area (Å²) in [7, 11) is 0. The van der Waals surface area contributed by atoms with Gasteiger partial charge in [0, 0.05) is 6.20 Å². The maximum Gasteiger partial charge on any atom is 0.338 e. The molecule has 0 unspecified atom stereocenters. The van der Waals surface area contributed by atoms with Crippen molar-refractivity contribution in [3.8, 4) is 0 Å². The fourth-order valence-corrected chi connectivity index (χ4v) is 1.03. The van der Waals surface area contributed by atoms with Crippen molar-refractivity contribution in [3.63, 3.8) is 0 Å². The van der Waals surface area contributed by atoms with Crippen molar-refractivity contribution >= 4 is 17.6 Å². The number of carbonyl (C=O) groups excluding carboxylic acids is 1. The predicted octanol–water partition coefficient (Wildman–Crippen LogP) is 2.55. The van der Waals surface area contributed by atoms with Crippen molar-refractivity contribution in [2.45, 2.75) is 13.8 Å². The zero-order valence-electron chi connectivity index (χ0n) is 8.16. The summed E-state index contributed by atoms with van der Waals surface area (Å²) in [5.41, 5.74) is 0.436. The van der Waals surface area contributed by atoms with Gasteiger partial charge in [-0.25, -0.2) is 9.78 Å². The average Bonchev–Trinajstić information content (AvgIpc) is 2.14. The van der Waals surface area contributed by atoms with Crippen LogP contribution in [0.5, 0.6) is 0 Å². The van der Waals surface area contributed by atoms with E-state index in [1.807, 2.05) is 13.8 Å². The first kappa shape index (κ1) is 11.0. The minimum absolute atomic E-state index is 0.295. The van der Waals surface area contributed by atoms with E-state index in [0.29, 0.717) is 23.2 Å². The van der Waals surface area contributed by atoms with Crippen LogP contribution in [0.4, 0.5) is 0 Å². The van der Waals surface area contributed by atoms with Crippen molar-refractivity contribution in [2.24, 2.45) is 5.92 Å². The number of rotatable bonds is 3. The first-order valence-corrected chi connectivity index (χ1v) is 4.76. The summed E-state index contributed by atoms with van der Waals surface area (Å²) in [6.07, 6.45) is 1.48. The van der Waals surface area contributed by atoms with Crippen LogP contribution in [0.15, 0.2) is 18.3 Å². The molecule has 0 saturated heterocycles. The van der Waals surface area contributed by atoms with Gasteiger partial charge in [-0.05, 0) is 18.1 Å². The zero-order chi connectivity index (χ0) is 10.6. The van der Waals surface area contributed by atoms with Crippen LogP contribution in [-0.4, -0.2) is 17.6 Å². The molecule has 4 heteroatoms. The predicted molar refractivity (Wildman–Crippen MR) is 54.4 cm³/mol. The highest BCUT2D eigenvalue weighted by Crippen LogP contribution is 2.08. The van der Waals surface area contributed by atoms with Crippen LogP contribution in [0.2, 0.25) is 5.15 Å². The molecule has 0 N–H and O–H groups in total. The third-order valence-corrected chi connectivity index (χ3v) is 1.72. The van der Waals surface area contributed by atoms with E-state index in [2.05, 4.69) is 4.98 Å². The molecule has 3 nitrogen and oxygen atoms in total. The minimum atomic E-state index is -0.358. The Morgan fingerprint density at radius 1 is 1.64 bits per heavy atom. The van der Waals surface area contributed by atoms with E-state index < -0.39 is 0 Å². The number of pyridine rings is 1. The first-order valence-electron chi connectivity index (χ1n) is 4.38. The van der Waals surface area contributed by atoms with Crippen LogP contribution in [0, 0.1) is 5.92 Å². The Bertz CT molecular complexity index is 326. The van der Waals surface area contributed by atoms with Crippen LogP contribution in [-0.2, 0) is 4.74 Å². The van der Waals surface area contributed by atoms with Crippen molar-refractivity contribution in [1.82, 2.24) is 4.98 Å². The number of nitrogens with zero attached hydrogens (tertiary/aromatic N) is 1. The molecule has 1 rings (SSSR count). The Balaban J connectivity index is 2.61. The summed E-state index contributed by atoms with van der Waals surface area (Å²) < 4.78 is 5.02. The zero-order valence-corrected chi connectivity index (χ0v) is 8.91. The van der Waals surface area contributed by atoms with Crippen LogP contribution in [0.1, 0.15) is 24.2 Å². The van der Waals surface area contributed by atoms with Crippen molar-refractivity contribution in [2.75, 3.05) is 6.61 Å². The van der Waals surface area contributed by atoms with Crippen molar-refractivity contribution in [3.05, 3.63) is 29.0 Å². The highest BCUT2D eigenvalue weighted by Gasteiger charge is 2.08. The third kappa shape index (κ3) is 3.34. The lowest BCUT2D eigenvalue weighted by molar-refractivity contribution is 0.0459. The van der Waals surface area contributed by atoms with Gasteiger partial charge in [0.25, 0.3) is 0 Å². The summed E-state index contributed by atoms with van der Waals surface area (Å²) in [6, 6.07) is 3.07. The van der Waals surface area contributed by atoms with E-state index in [9.17, 15) is 4.79 Å². The van der Waals surface area contributed by atoms with Gasteiger partial charge >= 0.3 is 5.97 Å². The molecule has 14 heavy (non-hydrogen) atoms. The van der Waals surface area contributed by atoms with Gasteiger partial charge in [-0.3, -0.25) is 0 Å². The lowest BCUT2D eigenvalue weighted by Crippen LogP contribution is -2.10. The van der Waals surface area contributed by atoms with Gasteiger partial charge in [0.2, 0.25) is 0 Å². The van der Waals surface area contributed by atoms with Crippen molar-refractivity contribution in [1.29, 1.82) is 0 Å². The van der Waals surface area contributed by atoms with E-state index in [4.69, 9.17) is 16.3 Å². The smallest absolute Gasteiger partial charge is 0.338 e. The molecule has 0 bridgehead atoms. The van der Waals surface area contributed by atoms with E-state index >= 15 is 0 Å². The van der Waals surface area contributed by atoms with Crippen LogP contribution in [0.25, 0.3) is 0 Å². The molecule has 0 saturated carbocycles. The van der Waals surface area contributed by atoms with Gasteiger partial charge < -0.3 is 4.74 Å². The maximum atomic E-state index is 11.4. The molecule has 0 spiro atoms. The number of hydrogen-bond donors (Lipinski definition) is 0. The normalized spacial score (nSPS) is 10.3. The van der Waals surface area contributed by atoms with Gasteiger partial charge in [0.15, 0.2) is 0 Å². The first-order chi connectivity index (χ1) is 6.59. The van der Waals surface area contributed by atoms with Gasteiger partial charge in [-0.15, -0.1) is 0 Å². The molecule has 0 amide bonds. The minimum Gasteiger partial charge on any atom is -0.462 e. The Morgan fingerprint density at radius 2 is 2.36 bits per heavy atom. The van der Waals surface area contributed by atoms with Crippen LogP contribution in [0.3, 0.4) is 0 Å². The number of halogens is 1. The molecule has 1 aromatic rings. The molecule has 0 radical (unpaired) electrons. The monoisotopic (exact) mass is 213 g/mol. The molecule has 1 heterocycles. The molecule has 0 aromatic carbocycles. The van der Waals surface area contributed by atoms with Gasteiger partial charge in [-0.2, -0.15) is 0 Å². The molecule has 76 valence electrons. The molecular weight excluding hydrogens is 202 g/mol. The Kier molecular flexibility index (Phi) is 3.89. The van der Waals surface area contributed by atoms with Gasteiger partial charge in [-0.1, -0.05) is 25.4 Å². The fourth-order valence-electron chi connectivity index (χ4n) is 0.855. The number of ether oxygens (including phenoxy) is 1. The summed E-state index contributed by atoms with van der Waals surface area (Å²) in [5.74, 6) is -0.0285. The largest absolute Gasteiger partial charge is 0.462 e. The summed E-state index contributed by atoms with van der Waals surface area (Å²) in [6.45, 7) is 4.37. The van der Waals surface area contributed by atoms with E-state index in [1.54, 1.807) is 6.07 Å². The fraction of sp³-hybridized carbons (Fsp3) is 0.400. The Hall–Kier alpha value is -1.09. The maximum absolute atomic E-state index is 11.4. The Labute approximate surface area is 88.1 Å². The molecule has 0 aliphatic rings.